The van der Waals surface area contributed by atoms with Crippen molar-refractivity contribution in [2.45, 2.75) is 0 Å². The Morgan fingerprint density at radius 2 is 1.60 bits per heavy atom. The van der Waals surface area contributed by atoms with E-state index in [2.05, 4.69) is 7.06 Å². The first-order valence-electron chi connectivity index (χ1n) is 1.29. The van der Waals surface area contributed by atoms with Crippen molar-refractivity contribution in [2.75, 3.05) is 14.2 Å². The minimum atomic E-state index is -0.688. The Labute approximate surface area is 40.1 Å². The Balaban J connectivity index is 2.19. The predicted molar refractivity (Wildman–Crippen MR) is 19.8 cm³/mol. The summed E-state index contributed by atoms with van der Waals surface area (Å²) in [7, 11) is 3.31. The van der Waals surface area contributed by atoms with Crippen molar-refractivity contribution in [1.29, 1.82) is 0 Å². The normalized spacial score (nSPS) is 7.60. The zero-order valence-electron chi connectivity index (χ0n) is 3.39. The molecule has 0 aliphatic rings. The van der Waals surface area contributed by atoms with Crippen LogP contribution in [0.15, 0.2) is 0 Å². The van der Waals surface area contributed by atoms with Crippen LogP contribution in [0.3, 0.4) is 0 Å². The molecule has 1 radical (unpaired) electrons. The molecule has 0 aromatic carbocycles. The van der Waals surface area contributed by atoms with E-state index in [4.69, 9.17) is 0 Å². The Bertz CT molecular complexity index is 15.1. The van der Waals surface area contributed by atoms with Gasteiger partial charge in [0.1, 0.15) is 0 Å². The molecule has 2 nitrogen and oxygen atoms in total. The summed E-state index contributed by atoms with van der Waals surface area (Å²) in [4.78, 5) is 0. The van der Waals surface area contributed by atoms with Gasteiger partial charge >= 0.3 is 39.4 Å². The van der Waals surface area contributed by atoms with E-state index < -0.39 is 18.1 Å². The van der Waals surface area contributed by atoms with Gasteiger partial charge in [0.05, 0.1) is 0 Å². The minimum absolute atomic E-state index is 0.688. The maximum atomic E-state index is 4.62. The predicted octanol–water partition coefficient (Wildman–Crippen LogP) is -0.187. The standard InChI is InChI=1S/2CH3O.Ga/c2*1-2;/h2*1H3;/q2*-1;+2. The average molecular weight is 132 g/mol. The summed E-state index contributed by atoms with van der Waals surface area (Å²) >= 11 is -0.688. The average Bonchev–Trinajstić information content (AvgIpc) is 1.41. The quantitative estimate of drug-likeness (QED) is 0.484. The van der Waals surface area contributed by atoms with Crippen LogP contribution in [0, 0.1) is 0 Å². The van der Waals surface area contributed by atoms with Crippen LogP contribution in [0.4, 0.5) is 0 Å². The summed E-state index contributed by atoms with van der Waals surface area (Å²) in [6.45, 7) is 0. The van der Waals surface area contributed by atoms with Gasteiger partial charge in [-0.25, -0.2) is 0 Å². The number of rotatable bonds is 2. The molecule has 0 N–H and O–H groups in total. The molecule has 0 aliphatic heterocycles. The molecule has 0 aliphatic carbocycles. The van der Waals surface area contributed by atoms with E-state index in [0.29, 0.717) is 0 Å². The Hall–Kier alpha value is 0.556. The molecule has 0 saturated carbocycles. The molecule has 5 heavy (non-hydrogen) atoms. The van der Waals surface area contributed by atoms with E-state index in [1.165, 1.54) is 0 Å². The third kappa shape index (κ3) is 4.56. The second kappa shape index (κ2) is 4.56. The molecule has 0 aromatic heterocycles. The molecular weight excluding hydrogens is 126 g/mol. The van der Waals surface area contributed by atoms with Crippen molar-refractivity contribution >= 4 is 18.1 Å². The summed E-state index contributed by atoms with van der Waals surface area (Å²) in [5.74, 6) is 0. The Morgan fingerprint density at radius 1 is 1.20 bits per heavy atom. The van der Waals surface area contributed by atoms with Crippen LogP contribution in [0.2, 0.25) is 0 Å². The zero-order chi connectivity index (χ0) is 4.12. The van der Waals surface area contributed by atoms with Crippen LogP contribution in [0.5, 0.6) is 0 Å². The summed E-state index contributed by atoms with van der Waals surface area (Å²) in [5.41, 5.74) is 0. The Kier molecular flexibility index (Phi) is 5.06. The van der Waals surface area contributed by atoms with Crippen LogP contribution >= 0.6 is 0 Å². The fourth-order valence-corrected chi connectivity index (χ4v) is 0.500. The van der Waals surface area contributed by atoms with Gasteiger partial charge in [-0.3, -0.25) is 0 Å². The summed E-state index contributed by atoms with van der Waals surface area (Å²) in [6.07, 6.45) is 0. The van der Waals surface area contributed by atoms with Gasteiger partial charge in [0.15, 0.2) is 0 Å². The maximum absolute atomic E-state index is 4.62. The molecule has 0 atom stereocenters. The van der Waals surface area contributed by atoms with Gasteiger partial charge in [0.25, 0.3) is 0 Å². The van der Waals surface area contributed by atoms with E-state index in [-0.39, 0.29) is 0 Å². The SMILES string of the molecule is C[O][Ga][O]C. The summed E-state index contributed by atoms with van der Waals surface area (Å²) in [6, 6.07) is 0. The molecule has 3 heteroatoms. The van der Waals surface area contributed by atoms with Crippen molar-refractivity contribution in [3.05, 3.63) is 0 Å². The molecule has 0 bridgehead atoms. The van der Waals surface area contributed by atoms with Crippen LogP contribution < -0.4 is 0 Å². The van der Waals surface area contributed by atoms with Gasteiger partial charge in [-0.2, -0.15) is 0 Å². The van der Waals surface area contributed by atoms with E-state index in [1.807, 2.05) is 0 Å². The molecule has 0 heterocycles. The molecule has 0 spiro atoms. The van der Waals surface area contributed by atoms with Crippen LogP contribution in [0.1, 0.15) is 0 Å². The van der Waals surface area contributed by atoms with Crippen LogP contribution in [-0.2, 0) is 7.06 Å². The molecule has 0 saturated heterocycles. The Morgan fingerprint density at radius 3 is 1.60 bits per heavy atom. The van der Waals surface area contributed by atoms with E-state index in [1.54, 1.807) is 14.2 Å². The topological polar surface area (TPSA) is 18.5 Å². The summed E-state index contributed by atoms with van der Waals surface area (Å²) in [5, 5.41) is 0. The van der Waals surface area contributed by atoms with E-state index in [9.17, 15) is 0 Å². The monoisotopic (exact) mass is 131 g/mol. The van der Waals surface area contributed by atoms with Crippen molar-refractivity contribution < 1.29 is 7.06 Å². The van der Waals surface area contributed by atoms with Gasteiger partial charge in [0, 0.05) is 0 Å². The molecule has 0 rings (SSSR count). The number of hydrogen-bond acceptors (Lipinski definition) is 2. The molecule has 0 fully saturated rings. The fourth-order valence-electron chi connectivity index (χ4n) is 0.0962. The van der Waals surface area contributed by atoms with E-state index >= 15 is 0 Å². The third-order valence-electron chi connectivity index (χ3n) is 0.192. The molecule has 0 unspecified atom stereocenters. The third-order valence-corrected chi connectivity index (χ3v) is 1.00. The second-order valence-electron chi connectivity index (χ2n) is 0.568. The van der Waals surface area contributed by atoms with Crippen molar-refractivity contribution in [3.63, 3.8) is 0 Å². The zero-order valence-corrected chi connectivity index (χ0v) is 5.82. The first kappa shape index (κ1) is 5.56. The van der Waals surface area contributed by atoms with Crippen LogP contribution in [0.25, 0.3) is 0 Å². The number of hydrogen-bond donors (Lipinski definition) is 0. The van der Waals surface area contributed by atoms with Gasteiger partial charge in [-0.05, 0) is 0 Å². The molecular formula is C2H6GaO2. The first-order chi connectivity index (χ1) is 2.41. The fraction of sp³-hybridized carbons (Fsp3) is 1.00. The summed E-state index contributed by atoms with van der Waals surface area (Å²) < 4.78 is 9.25. The van der Waals surface area contributed by atoms with Crippen LogP contribution in [-0.4, -0.2) is 32.4 Å². The molecule has 0 aromatic rings. The van der Waals surface area contributed by atoms with Crippen molar-refractivity contribution in [2.24, 2.45) is 0 Å². The van der Waals surface area contributed by atoms with Gasteiger partial charge in [-0.15, -0.1) is 0 Å². The van der Waals surface area contributed by atoms with Crippen molar-refractivity contribution in [3.8, 4) is 0 Å². The van der Waals surface area contributed by atoms with Gasteiger partial charge in [0.2, 0.25) is 0 Å². The second-order valence-corrected chi connectivity index (χ2v) is 2.95. The van der Waals surface area contributed by atoms with E-state index in [0.717, 1.165) is 0 Å². The molecule has 29 valence electrons. The van der Waals surface area contributed by atoms with Gasteiger partial charge in [-0.1, -0.05) is 0 Å². The van der Waals surface area contributed by atoms with Crippen molar-refractivity contribution in [1.82, 2.24) is 0 Å². The van der Waals surface area contributed by atoms with Gasteiger partial charge < -0.3 is 0 Å². The molecule has 0 amide bonds. The first-order valence-corrected chi connectivity index (χ1v) is 3.27.